The first-order valence-corrected chi connectivity index (χ1v) is 8.27. The molecule has 0 atom stereocenters. The van der Waals surface area contributed by atoms with E-state index in [2.05, 4.69) is 10.6 Å². The van der Waals surface area contributed by atoms with Gasteiger partial charge in [0.15, 0.2) is 5.75 Å². The van der Waals surface area contributed by atoms with Gasteiger partial charge in [-0.05, 0) is 48.5 Å². The van der Waals surface area contributed by atoms with Crippen LogP contribution >= 0.6 is 0 Å². The third kappa shape index (κ3) is 5.40. The summed E-state index contributed by atoms with van der Waals surface area (Å²) in [5.41, 5.74) is 0.878. The summed E-state index contributed by atoms with van der Waals surface area (Å²) in [5.74, 6) is -0.288. The third-order valence-corrected chi connectivity index (χ3v) is 3.58. The molecule has 3 rings (SSSR count). The summed E-state index contributed by atoms with van der Waals surface area (Å²) < 4.78 is 18.7. The molecule has 0 saturated heterocycles. The third-order valence-electron chi connectivity index (χ3n) is 3.58. The Morgan fingerprint density at radius 2 is 1.41 bits per heavy atom. The molecule has 27 heavy (non-hydrogen) atoms. The molecular weight excluding hydrogens is 347 g/mol. The number of hydrogen-bond acceptors (Lipinski definition) is 3. The predicted octanol–water partition coefficient (Wildman–Crippen LogP) is 4.59. The van der Waals surface area contributed by atoms with Crippen LogP contribution in [0.15, 0.2) is 78.9 Å². The summed E-state index contributed by atoms with van der Waals surface area (Å²) in [5, 5.41) is 5.21. The van der Waals surface area contributed by atoms with Crippen molar-refractivity contribution in [1.82, 2.24) is 0 Å². The van der Waals surface area contributed by atoms with E-state index in [1.807, 2.05) is 18.2 Å². The molecular formula is C21H17FN2O3. The minimum absolute atomic E-state index is 0.378. The monoisotopic (exact) mass is 364 g/mol. The molecule has 136 valence electrons. The zero-order valence-corrected chi connectivity index (χ0v) is 14.3. The van der Waals surface area contributed by atoms with Crippen molar-refractivity contribution >= 4 is 23.2 Å². The van der Waals surface area contributed by atoms with E-state index in [1.54, 1.807) is 36.4 Å². The second-order valence-corrected chi connectivity index (χ2v) is 5.69. The van der Waals surface area contributed by atoms with Gasteiger partial charge in [0.1, 0.15) is 18.0 Å². The molecule has 0 saturated carbocycles. The lowest BCUT2D eigenvalue weighted by atomic mass is 10.2. The van der Waals surface area contributed by atoms with Gasteiger partial charge in [-0.3, -0.25) is 9.59 Å². The number of para-hydroxylation sites is 3. The fourth-order valence-electron chi connectivity index (χ4n) is 2.35. The summed E-state index contributed by atoms with van der Waals surface area (Å²) >= 11 is 0. The molecule has 0 radical (unpaired) electrons. The van der Waals surface area contributed by atoms with E-state index < -0.39 is 17.6 Å². The van der Waals surface area contributed by atoms with Crippen molar-refractivity contribution in [1.29, 1.82) is 0 Å². The van der Waals surface area contributed by atoms with Crippen LogP contribution in [0.2, 0.25) is 0 Å². The second-order valence-electron chi connectivity index (χ2n) is 5.69. The standard InChI is InChI=1S/C21H17FN2O3/c22-15-10-12-16(13-11-15)23-20(25)14-21(26)24-18-8-4-5-9-19(18)27-17-6-2-1-3-7-17/h1-13H,14H2,(H,23,25)(H,24,26). The number of ether oxygens (including phenoxy) is 1. The quantitative estimate of drug-likeness (QED) is 0.629. The van der Waals surface area contributed by atoms with E-state index in [0.717, 1.165) is 0 Å². The molecule has 0 aliphatic heterocycles. The normalized spacial score (nSPS) is 10.1. The average molecular weight is 364 g/mol. The molecule has 5 nitrogen and oxygen atoms in total. The fourth-order valence-corrected chi connectivity index (χ4v) is 2.35. The van der Waals surface area contributed by atoms with E-state index >= 15 is 0 Å². The topological polar surface area (TPSA) is 67.4 Å². The average Bonchev–Trinajstić information content (AvgIpc) is 2.66. The van der Waals surface area contributed by atoms with Gasteiger partial charge in [0, 0.05) is 5.69 Å². The first-order valence-electron chi connectivity index (χ1n) is 8.27. The van der Waals surface area contributed by atoms with E-state index in [-0.39, 0.29) is 6.42 Å². The van der Waals surface area contributed by atoms with Crippen molar-refractivity contribution in [2.24, 2.45) is 0 Å². The Kier molecular flexibility index (Phi) is 5.79. The second kappa shape index (κ2) is 8.62. The minimum Gasteiger partial charge on any atom is -0.455 e. The number of amides is 2. The maximum absolute atomic E-state index is 12.9. The zero-order valence-electron chi connectivity index (χ0n) is 14.3. The molecule has 0 bridgehead atoms. The summed E-state index contributed by atoms with van der Waals surface area (Å²) in [6.07, 6.45) is -0.378. The smallest absolute Gasteiger partial charge is 0.233 e. The van der Waals surface area contributed by atoms with Crippen molar-refractivity contribution in [2.75, 3.05) is 10.6 Å². The van der Waals surface area contributed by atoms with Gasteiger partial charge in [-0.1, -0.05) is 30.3 Å². The van der Waals surface area contributed by atoms with E-state index in [9.17, 15) is 14.0 Å². The predicted molar refractivity (Wildman–Crippen MR) is 101 cm³/mol. The van der Waals surface area contributed by atoms with Crippen LogP contribution in [-0.2, 0) is 9.59 Å². The van der Waals surface area contributed by atoms with Gasteiger partial charge in [0.2, 0.25) is 11.8 Å². The Labute approximate surface area is 155 Å². The first kappa shape index (κ1) is 18.1. The number of benzene rings is 3. The maximum atomic E-state index is 12.9. The van der Waals surface area contributed by atoms with Gasteiger partial charge >= 0.3 is 0 Å². The molecule has 0 spiro atoms. The summed E-state index contributed by atoms with van der Waals surface area (Å²) in [6.45, 7) is 0. The molecule has 3 aromatic rings. The van der Waals surface area contributed by atoms with E-state index in [4.69, 9.17) is 4.74 Å². The molecule has 0 heterocycles. The van der Waals surface area contributed by atoms with Crippen LogP contribution < -0.4 is 15.4 Å². The fraction of sp³-hybridized carbons (Fsp3) is 0.0476. The SMILES string of the molecule is O=C(CC(=O)Nc1ccccc1Oc1ccccc1)Nc1ccc(F)cc1. The molecule has 2 N–H and O–H groups in total. The number of anilines is 2. The number of hydrogen-bond donors (Lipinski definition) is 2. The molecule has 0 aromatic heterocycles. The van der Waals surface area contributed by atoms with Crippen LogP contribution in [0.3, 0.4) is 0 Å². The highest BCUT2D eigenvalue weighted by molar-refractivity contribution is 6.08. The van der Waals surface area contributed by atoms with E-state index in [0.29, 0.717) is 22.9 Å². The molecule has 0 aliphatic carbocycles. The Bertz CT molecular complexity index is 928. The molecule has 3 aromatic carbocycles. The van der Waals surface area contributed by atoms with E-state index in [1.165, 1.54) is 24.3 Å². The van der Waals surface area contributed by atoms with Crippen molar-refractivity contribution in [3.05, 3.63) is 84.7 Å². The molecule has 0 fully saturated rings. The number of rotatable bonds is 6. The Hall–Kier alpha value is -3.67. The molecule has 0 aliphatic rings. The number of carbonyl (C=O) groups is 2. The summed E-state index contributed by atoms with van der Waals surface area (Å²) in [7, 11) is 0. The van der Waals surface area contributed by atoms with Crippen molar-refractivity contribution in [3.63, 3.8) is 0 Å². The summed E-state index contributed by atoms with van der Waals surface area (Å²) in [6, 6.07) is 21.4. The van der Waals surface area contributed by atoms with Crippen LogP contribution in [0.4, 0.5) is 15.8 Å². The number of carbonyl (C=O) groups excluding carboxylic acids is 2. The highest BCUT2D eigenvalue weighted by Crippen LogP contribution is 2.29. The summed E-state index contributed by atoms with van der Waals surface area (Å²) in [4.78, 5) is 24.2. The van der Waals surface area contributed by atoms with Crippen molar-refractivity contribution in [3.8, 4) is 11.5 Å². The van der Waals surface area contributed by atoms with Crippen molar-refractivity contribution in [2.45, 2.75) is 6.42 Å². The number of nitrogens with one attached hydrogen (secondary N) is 2. The molecule has 0 unspecified atom stereocenters. The van der Waals surface area contributed by atoms with Gasteiger partial charge in [0.05, 0.1) is 5.69 Å². The van der Waals surface area contributed by atoms with Gasteiger partial charge < -0.3 is 15.4 Å². The van der Waals surface area contributed by atoms with Gasteiger partial charge in [-0.25, -0.2) is 4.39 Å². The molecule has 2 amide bonds. The number of halogens is 1. The maximum Gasteiger partial charge on any atom is 0.233 e. The lowest BCUT2D eigenvalue weighted by Gasteiger charge is -2.12. The highest BCUT2D eigenvalue weighted by Gasteiger charge is 2.13. The van der Waals surface area contributed by atoms with Crippen LogP contribution in [0, 0.1) is 5.82 Å². The zero-order chi connectivity index (χ0) is 19.1. The van der Waals surface area contributed by atoms with Gasteiger partial charge in [0.25, 0.3) is 0 Å². The Morgan fingerprint density at radius 3 is 2.15 bits per heavy atom. The van der Waals surface area contributed by atoms with Crippen LogP contribution in [-0.4, -0.2) is 11.8 Å². The van der Waals surface area contributed by atoms with Crippen LogP contribution in [0.5, 0.6) is 11.5 Å². The van der Waals surface area contributed by atoms with Crippen LogP contribution in [0.1, 0.15) is 6.42 Å². The van der Waals surface area contributed by atoms with Crippen molar-refractivity contribution < 1.29 is 18.7 Å². The van der Waals surface area contributed by atoms with Gasteiger partial charge in [-0.15, -0.1) is 0 Å². The Morgan fingerprint density at radius 1 is 0.778 bits per heavy atom. The molecule has 6 heteroatoms. The highest BCUT2D eigenvalue weighted by atomic mass is 19.1. The van der Waals surface area contributed by atoms with Gasteiger partial charge in [-0.2, -0.15) is 0 Å². The minimum atomic E-state index is -0.499. The first-order chi connectivity index (χ1) is 13.1. The lowest BCUT2D eigenvalue weighted by Crippen LogP contribution is -2.21. The Balaban J connectivity index is 1.60. The lowest BCUT2D eigenvalue weighted by molar-refractivity contribution is -0.123. The largest absolute Gasteiger partial charge is 0.455 e. The van der Waals surface area contributed by atoms with Crippen LogP contribution in [0.25, 0.3) is 0 Å².